The summed E-state index contributed by atoms with van der Waals surface area (Å²) in [6, 6.07) is 3.25. The number of carbonyl (C=O) groups excluding carboxylic acids is 1. The minimum absolute atomic E-state index is 0.0585. The largest absolute Gasteiger partial charge is 0.478 e. The fraction of sp³-hybridized carbons (Fsp3) is 0.182. The normalized spacial score (nSPS) is 10.3. The molecular formula is C11H11N3O3S. The Balaban J connectivity index is 2.09. The van der Waals surface area contributed by atoms with Crippen LogP contribution in [-0.2, 0) is 11.3 Å². The van der Waals surface area contributed by atoms with Crippen LogP contribution >= 0.6 is 11.3 Å². The number of aryl methyl sites for hydroxylation is 1. The number of nitrogens with one attached hydrogen (secondary N) is 1. The van der Waals surface area contributed by atoms with Crippen LogP contribution in [0.15, 0.2) is 24.5 Å². The number of carbonyl (C=O) groups is 2. The molecule has 18 heavy (non-hydrogen) atoms. The number of nitrogens with zero attached hydrogens (tertiary/aromatic N) is 2. The Morgan fingerprint density at radius 1 is 1.56 bits per heavy atom. The highest BCUT2D eigenvalue weighted by atomic mass is 32.1. The molecule has 0 spiro atoms. The van der Waals surface area contributed by atoms with Gasteiger partial charge in [0, 0.05) is 17.3 Å². The first kappa shape index (κ1) is 12.3. The van der Waals surface area contributed by atoms with Crippen LogP contribution in [0.25, 0.3) is 0 Å². The minimum Gasteiger partial charge on any atom is -0.478 e. The van der Waals surface area contributed by atoms with Gasteiger partial charge in [0.1, 0.15) is 11.5 Å². The number of rotatable bonds is 4. The molecule has 2 aromatic rings. The van der Waals surface area contributed by atoms with Crippen LogP contribution < -0.4 is 5.32 Å². The molecule has 0 radical (unpaired) electrons. The zero-order valence-electron chi connectivity index (χ0n) is 9.58. The number of amides is 1. The Kier molecular flexibility index (Phi) is 3.42. The molecule has 2 N–H and O–H groups in total. The zero-order valence-corrected chi connectivity index (χ0v) is 10.4. The summed E-state index contributed by atoms with van der Waals surface area (Å²) in [5, 5.41) is 15.8. The second-order valence-corrected chi connectivity index (χ2v) is 4.91. The van der Waals surface area contributed by atoms with Gasteiger partial charge in [-0.1, -0.05) is 0 Å². The van der Waals surface area contributed by atoms with Crippen molar-refractivity contribution in [3.63, 3.8) is 0 Å². The van der Waals surface area contributed by atoms with Gasteiger partial charge in [0.05, 0.1) is 5.56 Å². The monoisotopic (exact) mass is 265 g/mol. The summed E-state index contributed by atoms with van der Waals surface area (Å²) in [6.07, 6.45) is 3.24. The summed E-state index contributed by atoms with van der Waals surface area (Å²) in [6.45, 7) is 1.85. The molecule has 0 aromatic carbocycles. The summed E-state index contributed by atoms with van der Waals surface area (Å²) in [5.74, 6) is -1.35. The van der Waals surface area contributed by atoms with E-state index < -0.39 is 5.97 Å². The van der Waals surface area contributed by atoms with E-state index in [0.717, 1.165) is 4.88 Å². The van der Waals surface area contributed by atoms with E-state index >= 15 is 0 Å². The van der Waals surface area contributed by atoms with Gasteiger partial charge in [-0.05, 0) is 19.1 Å². The van der Waals surface area contributed by atoms with E-state index in [1.165, 1.54) is 22.1 Å². The van der Waals surface area contributed by atoms with Gasteiger partial charge in [-0.2, -0.15) is 5.10 Å². The summed E-state index contributed by atoms with van der Waals surface area (Å²) in [7, 11) is 0. The molecule has 0 atom stereocenters. The van der Waals surface area contributed by atoms with E-state index in [4.69, 9.17) is 5.11 Å². The smallest absolute Gasteiger partial charge is 0.338 e. The quantitative estimate of drug-likeness (QED) is 0.879. The van der Waals surface area contributed by atoms with Crippen molar-refractivity contribution < 1.29 is 14.7 Å². The van der Waals surface area contributed by atoms with E-state index in [9.17, 15) is 9.59 Å². The molecule has 0 aliphatic heterocycles. The van der Waals surface area contributed by atoms with Crippen molar-refractivity contribution in [2.75, 3.05) is 5.32 Å². The third-order valence-corrected chi connectivity index (χ3v) is 3.17. The van der Waals surface area contributed by atoms with Crippen LogP contribution in [0.3, 0.4) is 0 Å². The van der Waals surface area contributed by atoms with E-state index in [2.05, 4.69) is 10.4 Å². The van der Waals surface area contributed by atoms with E-state index in [1.54, 1.807) is 25.4 Å². The predicted molar refractivity (Wildman–Crippen MR) is 66.9 cm³/mol. The maximum atomic E-state index is 11.7. The van der Waals surface area contributed by atoms with Gasteiger partial charge in [-0.3, -0.25) is 9.48 Å². The molecule has 0 saturated heterocycles. The minimum atomic E-state index is -1.05. The highest BCUT2D eigenvalue weighted by molar-refractivity contribution is 7.16. The van der Waals surface area contributed by atoms with Crippen LogP contribution in [0.1, 0.15) is 15.2 Å². The molecule has 0 aliphatic carbocycles. The molecule has 2 heterocycles. The van der Waals surface area contributed by atoms with Crippen molar-refractivity contribution in [3.05, 3.63) is 35.0 Å². The molecule has 7 heteroatoms. The lowest BCUT2D eigenvalue weighted by Gasteiger charge is -2.04. The molecule has 0 unspecified atom stereocenters. The second kappa shape index (κ2) is 5.01. The van der Waals surface area contributed by atoms with Crippen molar-refractivity contribution in [2.45, 2.75) is 13.5 Å². The third-order valence-electron chi connectivity index (χ3n) is 2.20. The van der Waals surface area contributed by atoms with E-state index in [1.807, 2.05) is 0 Å². The first-order valence-corrected chi connectivity index (χ1v) is 5.99. The van der Waals surface area contributed by atoms with Crippen molar-refractivity contribution in [1.29, 1.82) is 0 Å². The number of aromatic carboxylic acids is 1. The molecule has 0 saturated carbocycles. The topological polar surface area (TPSA) is 84.2 Å². The number of hydrogen-bond donors (Lipinski definition) is 2. The lowest BCUT2D eigenvalue weighted by Crippen LogP contribution is -2.19. The Morgan fingerprint density at radius 3 is 2.94 bits per heavy atom. The average molecular weight is 265 g/mol. The number of carboxylic acids is 1. The van der Waals surface area contributed by atoms with Crippen LogP contribution in [0.5, 0.6) is 0 Å². The van der Waals surface area contributed by atoms with Crippen molar-refractivity contribution >= 4 is 28.2 Å². The maximum Gasteiger partial charge on any atom is 0.338 e. The molecule has 6 nitrogen and oxygen atoms in total. The van der Waals surface area contributed by atoms with Gasteiger partial charge in [0.2, 0.25) is 5.91 Å². The van der Waals surface area contributed by atoms with Gasteiger partial charge in [-0.25, -0.2) is 4.79 Å². The molecule has 2 rings (SSSR count). The number of thiophene rings is 1. The number of hydrogen-bond acceptors (Lipinski definition) is 4. The lowest BCUT2D eigenvalue weighted by atomic mass is 10.3. The molecule has 94 valence electrons. The van der Waals surface area contributed by atoms with Crippen LogP contribution in [0, 0.1) is 6.92 Å². The SMILES string of the molecule is Cc1cc(C(=O)O)c(NC(=O)Cn2cccn2)s1. The van der Waals surface area contributed by atoms with Gasteiger partial charge in [0.15, 0.2) is 0 Å². The first-order chi connectivity index (χ1) is 8.56. The number of anilines is 1. The molecule has 0 fully saturated rings. The van der Waals surface area contributed by atoms with Crippen LogP contribution in [0.2, 0.25) is 0 Å². The highest BCUT2D eigenvalue weighted by Crippen LogP contribution is 2.27. The van der Waals surface area contributed by atoms with Gasteiger partial charge in [-0.15, -0.1) is 11.3 Å². The van der Waals surface area contributed by atoms with Crippen LogP contribution in [0.4, 0.5) is 5.00 Å². The molecule has 0 aliphatic rings. The first-order valence-electron chi connectivity index (χ1n) is 5.17. The Labute approximate surface area is 107 Å². The van der Waals surface area contributed by atoms with E-state index in [-0.39, 0.29) is 18.0 Å². The molecule has 0 bridgehead atoms. The lowest BCUT2D eigenvalue weighted by molar-refractivity contribution is -0.116. The van der Waals surface area contributed by atoms with Crippen LogP contribution in [-0.4, -0.2) is 26.8 Å². The van der Waals surface area contributed by atoms with Crippen molar-refractivity contribution in [3.8, 4) is 0 Å². The molecule has 2 aromatic heterocycles. The van der Waals surface area contributed by atoms with Gasteiger partial charge < -0.3 is 10.4 Å². The van der Waals surface area contributed by atoms with Crippen molar-refractivity contribution in [2.24, 2.45) is 0 Å². The number of carboxylic acid groups (broad SMARTS) is 1. The zero-order chi connectivity index (χ0) is 13.1. The summed E-state index contributed by atoms with van der Waals surface area (Å²) < 4.78 is 1.47. The summed E-state index contributed by atoms with van der Waals surface area (Å²) in [4.78, 5) is 23.5. The fourth-order valence-electron chi connectivity index (χ4n) is 1.47. The number of aromatic nitrogens is 2. The standard InChI is InChI=1S/C11H11N3O3S/c1-7-5-8(11(16)17)10(18-7)13-9(15)6-14-4-2-3-12-14/h2-5H,6H2,1H3,(H,13,15)(H,16,17). The average Bonchev–Trinajstić information content (AvgIpc) is 2.88. The van der Waals surface area contributed by atoms with Gasteiger partial charge in [0.25, 0.3) is 0 Å². The van der Waals surface area contributed by atoms with E-state index in [0.29, 0.717) is 5.00 Å². The Hall–Kier alpha value is -2.15. The predicted octanol–water partition coefficient (Wildman–Crippen LogP) is 1.59. The van der Waals surface area contributed by atoms with Gasteiger partial charge >= 0.3 is 5.97 Å². The highest BCUT2D eigenvalue weighted by Gasteiger charge is 2.15. The summed E-state index contributed by atoms with van der Waals surface area (Å²) in [5.41, 5.74) is 0.117. The second-order valence-electron chi connectivity index (χ2n) is 3.66. The molecule has 1 amide bonds. The maximum absolute atomic E-state index is 11.7. The third kappa shape index (κ3) is 2.75. The Bertz CT molecular complexity index is 574. The summed E-state index contributed by atoms with van der Waals surface area (Å²) >= 11 is 1.24. The van der Waals surface area contributed by atoms with Crippen molar-refractivity contribution in [1.82, 2.24) is 9.78 Å². The fourth-order valence-corrected chi connectivity index (χ4v) is 2.39. The molecular weight excluding hydrogens is 254 g/mol. The Morgan fingerprint density at radius 2 is 2.33 bits per heavy atom.